The van der Waals surface area contributed by atoms with Crippen LogP contribution >= 0.6 is 0 Å². The normalized spacial score (nSPS) is 11.8. The zero-order valence-corrected chi connectivity index (χ0v) is 28.0. The van der Waals surface area contributed by atoms with Gasteiger partial charge >= 0.3 is 0 Å². The first kappa shape index (κ1) is 28.7. The average Bonchev–Trinajstić information content (AvgIpc) is 3.77. The molecule has 0 amide bonds. The van der Waals surface area contributed by atoms with Gasteiger partial charge in [0.05, 0.1) is 33.3 Å². The summed E-state index contributed by atoms with van der Waals surface area (Å²) in [4.78, 5) is 15.8. The summed E-state index contributed by atoms with van der Waals surface area (Å²) in [6.45, 7) is 0. The van der Waals surface area contributed by atoms with E-state index in [1.54, 1.807) is 0 Å². The summed E-state index contributed by atoms with van der Waals surface area (Å²) in [5.74, 6) is 0.680. The van der Waals surface area contributed by atoms with Gasteiger partial charge < -0.3 is 4.57 Å². The second-order valence-electron chi connectivity index (χ2n) is 13.3. The van der Waals surface area contributed by atoms with Crippen LogP contribution in [0.5, 0.6) is 0 Å². The van der Waals surface area contributed by atoms with Crippen LogP contribution in [-0.2, 0) is 0 Å². The van der Waals surface area contributed by atoms with Crippen molar-refractivity contribution < 1.29 is 0 Å². The summed E-state index contributed by atoms with van der Waals surface area (Å²) in [6.07, 6.45) is 0. The Balaban J connectivity index is 1.19. The third-order valence-electron chi connectivity index (χ3n) is 10.3. The quantitative estimate of drug-likeness (QED) is 0.176. The lowest BCUT2D eigenvalue weighted by Crippen LogP contribution is -2.00. The van der Waals surface area contributed by atoms with E-state index in [9.17, 15) is 0 Å². The van der Waals surface area contributed by atoms with Crippen LogP contribution in [0.4, 0.5) is 0 Å². The lowest BCUT2D eigenvalue weighted by Gasteiger charge is -2.14. The van der Waals surface area contributed by atoms with Crippen molar-refractivity contribution in [1.29, 1.82) is 0 Å². The summed E-state index contributed by atoms with van der Waals surface area (Å²) in [5, 5.41) is 4.55. The van der Waals surface area contributed by atoms with Crippen LogP contribution in [0.3, 0.4) is 0 Å². The highest BCUT2D eigenvalue weighted by molar-refractivity contribution is 6.17. The second-order valence-corrected chi connectivity index (χ2v) is 13.3. The van der Waals surface area contributed by atoms with Crippen molar-refractivity contribution in [2.75, 3.05) is 0 Å². The molecule has 11 aromatic rings. The molecule has 242 valence electrons. The van der Waals surface area contributed by atoms with E-state index < -0.39 is 0 Å². The van der Waals surface area contributed by atoms with Crippen molar-refractivity contribution >= 4 is 60.3 Å². The Kier molecular flexibility index (Phi) is 6.18. The van der Waals surface area contributed by atoms with Crippen LogP contribution in [0.25, 0.3) is 99.8 Å². The minimum absolute atomic E-state index is 0.680. The number of hydrogen-bond acceptors (Lipinski definition) is 3. The maximum absolute atomic E-state index is 5.29. The number of rotatable bonds is 4. The van der Waals surface area contributed by atoms with E-state index in [-0.39, 0.29) is 0 Å². The van der Waals surface area contributed by atoms with Crippen molar-refractivity contribution in [3.63, 3.8) is 0 Å². The van der Waals surface area contributed by atoms with Gasteiger partial charge in [0.15, 0.2) is 11.5 Å². The van der Waals surface area contributed by atoms with Gasteiger partial charge in [0.2, 0.25) is 0 Å². The maximum atomic E-state index is 5.29. The van der Waals surface area contributed by atoms with Crippen molar-refractivity contribution in [2.45, 2.75) is 0 Å². The standard InChI is InChI=1S/C47H29N5/c1-4-14-30(15-5-1)44-43-36-21-11-13-23-40(36)52-42-29-33(24-26-38(42)48-47(52)45(43)50-46(49-44)31-16-6-2-7-17-31)32-25-27-41-37(28-32)35-20-10-12-22-39(35)51(41)34-18-8-3-9-19-34/h1-29H. The third-order valence-corrected chi connectivity index (χ3v) is 10.3. The number of pyridine rings is 1. The maximum Gasteiger partial charge on any atom is 0.165 e. The number of nitrogens with zero attached hydrogens (tertiary/aromatic N) is 5. The van der Waals surface area contributed by atoms with Gasteiger partial charge in [-0.05, 0) is 59.7 Å². The lowest BCUT2D eigenvalue weighted by atomic mass is 10.0. The predicted molar refractivity (Wildman–Crippen MR) is 214 cm³/mol. The number of hydrogen-bond donors (Lipinski definition) is 0. The van der Waals surface area contributed by atoms with E-state index in [0.29, 0.717) is 5.82 Å². The van der Waals surface area contributed by atoms with Crippen LogP contribution in [0.1, 0.15) is 0 Å². The molecule has 0 N–H and O–H groups in total. The van der Waals surface area contributed by atoms with Crippen LogP contribution < -0.4 is 0 Å². The molecule has 0 bridgehead atoms. The first-order valence-corrected chi connectivity index (χ1v) is 17.5. The monoisotopic (exact) mass is 663 g/mol. The number of fused-ring (bicyclic) bond motifs is 11. The molecule has 0 unspecified atom stereocenters. The predicted octanol–water partition coefficient (Wildman–Crippen LogP) is 11.7. The first-order chi connectivity index (χ1) is 25.8. The molecule has 4 aromatic heterocycles. The smallest absolute Gasteiger partial charge is 0.165 e. The molecule has 0 spiro atoms. The summed E-state index contributed by atoms with van der Waals surface area (Å²) >= 11 is 0. The molecular weight excluding hydrogens is 635 g/mol. The summed E-state index contributed by atoms with van der Waals surface area (Å²) in [5.41, 5.74) is 13.4. The average molecular weight is 664 g/mol. The molecule has 0 atom stereocenters. The molecule has 5 heteroatoms. The summed E-state index contributed by atoms with van der Waals surface area (Å²) < 4.78 is 4.64. The molecule has 0 aliphatic rings. The molecule has 0 aliphatic carbocycles. The fraction of sp³-hybridized carbons (Fsp3) is 0. The fourth-order valence-corrected chi connectivity index (χ4v) is 7.94. The zero-order chi connectivity index (χ0) is 34.2. The summed E-state index contributed by atoms with van der Waals surface area (Å²) in [7, 11) is 0. The van der Waals surface area contributed by atoms with E-state index in [2.05, 4.69) is 161 Å². The number of para-hydroxylation sites is 3. The SMILES string of the molecule is c1ccc(-c2nc(-c3ccccc3)c3c4ccccc4n4c5cc(-c6ccc7c(c6)c6ccccc6n7-c6ccccc6)ccc5nc4c3n2)cc1. The fourth-order valence-electron chi connectivity index (χ4n) is 7.94. The van der Waals surface area contributed by atoms with Gasteiger partial charge in [0.1, 0.15) is 5.52 Å². The molecule has 4 heterocycles. The van der Waals surface area contributed by atoms with Crippen LogP contribution in [-0.4, -0.2) is 23.9 Å². The largest absolute Gasteiger partial charge is 0.309 e. The molecule has 0 fully saturated rings. The zero-order valence-electron chi connectivity index (χ0n) is 28.0. The van der Waals surface area contributed by atoms with E-state index in [4.69, 9.17) is 15.0 Å². The highest BCUT2D eigenvalue weighted by Gasteiger charge is 2.21. The molecule has 0 saturated heterocycles. The van der Waals surface area contributed by atoms with Gasteiger partial charge in [-0.15, -0.1) is 0 Å². The minimum atomic E-state index is 0.680. The van der Waals surface area contributed by atoms with Gasteiger partial charge in [-0.25, -0.2) is 15.0 Å². The van der Waals surface area contributed by atoms with Crippen LogP contribution in [0, 0.1) is 0 Å². The van der Waals surface area contributed by atoms with Crippen LogP contribution in [0.15, 0.2) is 176 Å². The minimum Gasteiger partial charge on any atom is -0.309 e. The van der Waals surface area contributed by atoms with Gasteiger partial charge in [0.25, 0.3) is 0 Å². The van der Waals surface area contributed by atoms with Crippen molar-refractivity contribution in [3.8, 4) is 39.5 Å². The Morgan fingerprint density at radius 1 is 0.385 bits per heavy atom. The highest BCUT2D eigenvalue weighted by Crippen LogP contribution is 2.40. The van der Waals surface area contributed by atoms with E-state index in [0.717, 1.165) is 72.1 Å². The topological polar surface area (TPSA) is 48.0 Å². The molecule has 5 nitrogen and oxygen atoms in total. The lowest BCUT2D eigenvalue weighted by molar-refractivity contribution is 1.18. The molecule has 7 aromatic carbocycles. The van der Waals surface area contributed by atoms with Crippen LogP contribution in [0.2, 0.25) is 0 Å². The molecule has 0 aliphatic heterocycles. The van der Waals surface area contributed by atoms with E-state index in [1.807, 2.05) is 24.3 Å². The van der Waals surface area contributed by atoms with Crippen molar-refractivity contribution in [2.24, 2.45) is 0 Å². The van der Waals surface area contributed by atoms with Gasteiger partial charge in [-0.3, -0.25) is 4.40 Å². The Labute approximate surface area is 298 Å². The molecule has 52 heavy (non-hydrogen) atoms. The third kappa shape index (κ3) is 4.26. The number of aromatic nitrogens is 5. The van der Waals surface area contributed by atoms with Gasteiger partial charge in [0, 0.05) is 38.4 Å². The first-order valence-electron chi connectivity index (χ1n) is 17.5. The van der Waals surface area contributed by atoms with Crippen molar-refractivity contribution in [3.05, 3.63) is 176 Å². The molecule has 0 saturated carbocycles. The van der Waals surface area contributed by atoms with Gasteiger partial charge in [-0.1, -0.05) is 127 Å². The Bertz CT molecular complexity index is 3160. The Hall–Kier alpha value is -7.11. The van der Waals surface area contributed by atoms with E-state index >= 15 is 0 Å². The summed E-state index contributed by atoms with van der Waals surface area (Å²) in [6, 6.07) is 61.9. The Morgan fingerprint density at radius 3 is 1.79 bits per heavy atom. The van der Waals surface area contributed by atoms with E-state index in [1.165, 1.54) is 21.8 Å². The number of benzene rings is 7. The Morgan fingerprint density at radius 2 is 1.00 bits per heavy atom. The molecule has 0 radical (unpaired) electrons. The highest BCUT2D eigenvalue weighted by atomic mass is 15.0. The second kappa shape index (κ2) is 11.2. The molecular formula is C47H29N5. The van der Waals surface area contributed by atoms with Gasteiger partial charge in [-0.2, -0.15) is 0 Å². The van der Waals surface area contributed by atoms with Crippen molar-refractivity contribution in [1.82, 2.24) is 23.9 Å². The number of imidazole rings is 1. The molecule has 11 rings (SSSR count).